The van der Waals surface area contributed by atoms with Gasteiger partial charge in [-0.3, -0.25) is 4.79 Å². The number of nitrogens with zero attached hydrogens (tertiary/aromatic N) is 4. The Bertz CT molecular complexity index is 1040. The van der Waals surface area contributed by atoms with Gasteiger partial charge in [0.05, 0.1) is 23.7 Å². The maximum absolute atomic E-state index is 12.7. The van der Waals surface area contributed by atoms with E-state index >= 15 is 0 Å². The van der Waals surface area contributed by atoms with Crippen LogP contribution in [-0.2, 0) is 12.7 Å². The summed E-state index contributed by atoms with van der Waals surface area (Å²) in [6, 6.07) is 4.11. The van der Waals surface area contributed by atoms with Crippen LogP contribution in [0.1, 0.15) is 36.2 Å². The van der Waals surface area contributed by atoms with E-state index in [-0.39, 0.29) is 12.1 Å². The van der Waals surface area contributed by atoms with Crippen LogP contribution < -0.4 is 10.6 Å². The number of anilines is 1. The van der Waals surface area contributed by atoms with Crippen molar-refractivity contribution < 1.29 is 18.0 Å². The van der Waals surface area contributed by atoms with Crippen LogP contribution in [0.25, 0.3) is 11.0 Å². The van der Waals surface area contributed by atoms with Gasteiger partial charge >= 0.3 is 6.18 Å². The van der Waals surface area contributed by atoms with E-state index in [4.69, 9.17) is 0 Å². The predicted octanol–water partition coefficient (Wildman–Crippen LogP) is 4.21. The zero-order valence-electron chi connectivity index (χ0n) is 17.2. The maximum atomic E-state index is 12.7. The van der Waals surface area contributed by atoms with Gasteiger partial charge in [0.2, 0.25) is 0 Å². The molecule has 7 nitrogen and oxygen atoms in total. The fourth-order valence-electron chi connectivity index (χ4n) is 2.86. The number of fused-ring (bicyclic) bond motifs is 1. The molecule has 3 rings (SSSR count). The van der Waals surface area contributed by atoms with Gasteiger partial charge in [-0.1, -0.05) is 25.6 Å². The van der Waals surface area contributed by atoms with E-state index in [0.717, 1.165) is 54.2 Å². The first-order valence-electron chi connectivity index (χ1n) is 9.89. The lowest BCUT2D eigenvalue weighted by atomic mass is 10.1. The second-order valence-electron chi connectivity index (χ2n) is 6.65. The van der Waals surface area contributed by atoms with Crippen molar-refractivity contribution in [3.05, 3.63) is 41.6 Å². The van der Waals surface area contributed by atoms with Gasteiger partial charge in [-0.15, -0.1) is 0 Å². The summed E-state index contributed by atoms with van der Waals surface area (Å²) >= 11 is 1.53. The van der Waals surface area contributed by atoms with E-state index in [1.165, 1.54) is 11.8 Å². The number of carbonyl (C=O) groups excluding carboxylic acids is 1. The third-order valence-corrected chi connectivity index (χ3v) is 5.10. The molecule has 0 unspecified atom stereocenters. The Labute approximate surface area is 181 Å². The number of thioether (sulfide) groups is 1. The predicted molar refractivity (Wildman–Crippen MR) is 114 cm³/mol. The Morgan fingerprint density at radius 3 is 2.52 bits per heavy atom. The third-order valence-electron chi connectivity index (χ3n) is 4.38. The number of rotatable bonds is 9. The molecular weight excluding hydrogens is 429 g/mol. The first-order valence-corrected chi connectivity index (χ1v) is 10.9. The summed E-state index contributed by atoms with van der Waals surface area (Å²) in [7, 11) is 0. The highest BCUT2D eigenvalue weighted by Gasteiger charge is 2.30. The molecule has 0 bridgehead atoms. The van der Waals surface area contributed by atoms with Crippen molar-refractivity contribution in [1.29, 1.82) is 0 Å². The summed E-state index contributed by atoms with van der Waals surface area (Å²) in [6.07, 6.45) is -1.80. The fourth-order valence-corrected chi connectivity index (χ4v) is 3.42. The summed E-state index contributed by atoms with van der Waals surface area (Å²) in [5.41, 5.74) is 0.0293. The van der Waals surface area contributed by atoms with E-state index in [2.05, 4.69) is 32.6 Å². The average molecular weight is 453 g/mol. The molecule has 3 aromatic rings. The highest BCUT2D eigenvalue weighted by atomic mass is 32.2. The Hall–Kier alpha value is -2.82. The largest absolute Gasteiger partial charge is 0.416 e. The monoisotopic (exact) mass is 452 g/mol. The molecule has 31 heavy (non-hydrogen) atoms. The van der Waals surface area contributed by atoms with Gasteiger partial charge in [0.25, 0.3) is 5.91 Å². The van der Waals surface area contributed by atoms with Crippen LogP contribution in [-0.4, -0.2) is 44.5 Å². The first kappa shape index (κ1) is 22.9. The van der Waals surface area contributed by atoms with Crippen LogP contribution in [0.2, 0.25) is 0 Å². The number of carbonyl (C=O) groups is 1. The van der Waals surface area contributed by atoms with Crippen molar-refractivity contribution in [2.24, 2.45) is 0 Å². The van der Waals surface area contributed by atoms with Gasteiger partial charge in [-0.05, 0) is 36.4 Å². The molecule has 1 aromatic carbocycles. The number of hydrogen-bond acceptors (Lipinski definition) is 6. The topological polar surface area (TPSA) is 84.7 Å². The highest BCUT2D eigenvalue weighted by molar-refractivity contribution is 7.99. The first-order chi connectivity index (χ1) is 14.8. The second-order valence-corrected chi connectivity index (χ2v) is 7.88. The molecule has 0 fully saturated rings. The Morgan fingerprint density at radius 1 is 1.13 bits per heavy atom. The molecule has 166 valence electrons. The molecule has 0 aliphatic carbocycles. The molecular formula is C20H23F3N6OS. The molecule has 1 amide bonds. The summed E-state index contributed by atoms with van der Waals surface area (Å²) in [4.78, 5) is 21.4. The Kier molecular flexibility index (Phi) is 7.37. The lowest BCUT2D eigenvalue weighted by Gasteiger charge is -2.10. The van der Waals surface area contributed by atoms with Crippen LogP contribution >= 0.6 is 11.8 Å². The summed E-state index contributed by atoms with van der Waals surface area (Å²) in [6.45, 7) is 5.46. The molecule has 0 saturated carbocycles. The summed E-state index contributed by atoms with van der Waals surface area (Å²) < 4.78 is 39.6. The molecule has 0 saturated heterocycles. The van der Waals surface area contributed by atoms with E-state index < -0.39 is 17.6 Å². The molecule has 2 N–H and O–H groups in total. The molecule has 0 spiro atoms. The van der Waals surface area contributed by atoms with Crippen LogP contribution in [0.5, 0.6) is 0 Å². The van der Waals surface area contributed by atoms with Crippen molar-refractivity contribution >= 4 is 34.5 Å². The normalized spacial score (nSPS) is 11.6. The van der Waals surface area contributed by atoms with Crippen molar-refractivity contribution in [2.45, 2.75) is 38.1 Å². The second kappa shape index (κ2) is 9.99. The van der Waals surface area contributed by atoms with Gasteiger partial charge in [-0.2, -0.15) is 18.3 Å². The van der Waals surface area contributed by atoms with Crippen molar-refractivity contribution in [3.63, 3.8) is 0 Å². The number of hydrogen-bond donors (Lipinski definition) is 2. The Balaban J connectivity index is 1.69. The number of halogens is 3. The van der Waals surface area contributed by atoms with Gasteiger partial charge in [-0.25, -0.2) is 14.6 Å². The van der Waals surface area contributed by atoms with E-state index in [1.54, 1.807) is 10.9 Å². The molecule has 0 atom stereocenters. The fraction of sp³-hybridized carbons (Fsp3) is 0.400. The summed E-state index contributed by atoms with van der Waals surface area (Å²) in [5.74, 6) is 1.10. The average Bonchev–Trinajstić information content (AvgIpc) is 3.14. The molecule has 2 aromatic heterocycles. The minimum Gasteiger partial charge on any atom is -0.369 e. The SMILES string of the molecule is CCCNc1nc(SCC)nc2c1cnn2CCNC(=O)c1ccc(C(F)(F)F)cc1. The van der Waals surface area contributed by atoms with E-state index in [0.29, 0.717) is 17.3 Å². The number of aromatic nitrogens is 4. The number of nitrogens with one attached hydrogen (secondary N) is 2. The number of amides is 1. The van der Waals surface area contributed by atoms with Crippen molar-refractivity contribution in [2.75, 3.05) is 24.2 Å². The zero-order valence-corrected chi connectivity index (χ0v) is 18.0. The molecule has 11 heteroatoms. The minimum absolute atomic E-state index is 0.160. The van der Waals surface area contributed by atoms with E-state index in [1.807, 2.05) is 6.92 Å². The molecule has 2 heterocycles. The number of alkyl halides is 3. The number of benzene rings is 1. The van der Waals surface area contributed by atoms with Crippen LogP contribution in [0, 0.1) is 0 Å². The standard InChI is InChI=1S/C20H23F3N6OS/c1-3-9-24-16-15-12-26-29(17(15)28-19(27-16)31-4-2)11-10-25-18(30)13-5-7-14(8-6-13)20(21,22)23/h5-8,12H,3-4,9-11H2,1-2H3,(H,25,30)(H,24,27,28). The van der Waals surface area contributed by atoms with Crippen molar-refractivity contribution in [3.8, 4) is 0 Å². The van der Waals surface area contributed by atoms with Crippen LogP contribution in [0.3, 0.4) is 0 Å². The quantitative estimate of drug-likeness (QED) is 0.374. The van der Waals surface area contributed by atoms with Crippen LogP contribution in [0.4, 0.5) is 19.0 Å². The zero-order chi connectivity index (χ0) is 22.4. The summed E-state index contributed by atoms with van der Waals surface area (Å²) in [5, 5.41) is 11.8. The minimum atomic E-state index is -4.43. The van der Waals surface area contributed by atoms with Gasteiger partial charge < -0.3 is 10.6 Å². The lowest BCUT2D eigenvalue weighted by Crippen LogP contribution is -2.27. The van der Waals surface area contributed by atoms with E-state index in [9.17, 15) is 18.0 Å². The smallest absolute Gasteiger partial charge is 0.369 e. The van der Waals surface area contributed by atoms with Gasteiger partial charge in [0, 0.05) is 18.7 Å². The third kappa shape index (κ3) is 5.66. The van der Waals surface area contributed by atoms with Gasteiger partial charge in [0.15, 0.2) is 10.8 Å². The highest BCUT2D eigenvalue weighted by Crippen LogP contribution is 2.29. The molecule has 0 aliphatic rings. The Morgan fingerprint density at radius 2 is 1.87 bits per heavy atom. The lowest BCUT2D eigenvalue weighted by molar-refractivity contribution is -0.137. The van der Waals surface area contributed by atoms with Gasteiger partial charge in [0.1, 0.15) is 5.82 Å². The molecule has 0 aliphatic heterocycles. The molecule has 0 radical (unpaired) electrons. The van der Waals surface area contributed by atoms with Crippen LogP contribution in [0.15, 0.2) is 35.6 Å². The maximum Gasteiger partial charge on any atom is 0.416 e. The van der Waals surface area contributed by atoms with Crippen molar-refractivity contribution in [1.82, 2.24) is 25.1 Å².